The lowest BCUT2D eigenvalue weighted by Gasteiger charge is -2.14. The number of carbonyl (C=O) groups is 1. The van der Waals surface area contributed by atoms with E-state index in [4.69, 9.17) is 9.47 Å². The van der Waals surface area contributed by atoms with E-state index in [1.54, 1.807) is 32.4 Å². The van der Waals surface area contributed by atoms with Crippen molar-refractivity contribution >= 4 is 17.3 Å². The number of nitrogens with one attached hydrogen (secondary N) is 2. The minimum Gasteiger partial charge on any atom is -0.497 e. The van der Waals surface area contributed by atoms with Crippen LogP contribution >= 0.6 is 0 Å². The van der Waals surface area contributed by atoms with Gasteiger partial charge in [-0.15, -0.1) is 0 Å². The Hall–Kier alpha value is -2.69. The Kier molecular flexibility index (Phi) is 5.46. The maximum atomic E-state index is 12.2. The molecule has 2 aromatic carbocycles. The predicted molar refractivity (Wildman–Crippen MR) is 92.6 cm³/mol. The molecule has 0 aliphatic rings. The Balaban J connectivity index is 2.03. The Labute approximate surface area is 136 Å². The van der Waals surface area contributed by atoms with E-state index in [-0.39, 0.29) is 12.5 Å². The third-order valence-corrected chi connectivity index (χ3v) is 3.59. The zero-order chi connectivity index (χ0) is 16.8. The first-order valence-electron chi connectivity index (χ1n) is 7.37. The summed E-state index contributed by atoms with van der Waals surface area (Å²) in [6.45, 7) is 4.21. The maximum Gasteiger partial charge on any atom is 0.243 e. The van der Waals surface area contributed by atoms with Gasteiger partial charge in [-0.05, 0) is 37.1 Å². The highest BCUT2D eigenvalue weighted by Crippen LogP contribution is 2.29. The normalized spacial score (nSPS) is 10.1. The minimum atomic E-state index is -0.142. The third kappa shape index (κ3) is 4.16. The number of carbonyl (C=O) groups excluding carboxylic acids is 1. The molecule has 2 aromatic rings. The molecule has 5 heteroatoms. The summed E-state index contributed by atoms with van der Waals surface area (Å²) in [6.07, 6.45) is 0. The van der Waals surface area contributed by atoms with Crippen molar-refractivity contribution in [3.05, 3.63) is 47.5 Å². The van der Waals surface area contributed by atoms with E-state index < -0.39 is 0 Å². The molecule has 2 N–H and O–H groups in total. The Morgan fingerprint density at radius 1 is 1.04 bits per heavy atom. The number of anilines is 2. The number of ether oxygens (including phenoxy) is 2. The van der Waals surface area contributed by atoms with Gasteiger partial charge >= 0.3 is 0 Å². The summed E-state index contributed by atoms with van der Waals surface area (Å²) in [5.41, 5.74) is 3.82. The molecular weight excluding hydrogens is 292 g/mol. The van der Waals surface area contributed by atoms with Crippen molar-refractivity contribution < 1.29 is 14.3 Å². The highest BCUT2D eigenvalue weighted by molar-refractivity contribution is 5.95. The summed E-state index contributed by atoms with van der Waals surface area (Å²) in [5.74, 6) is 1.09. The quantitative estimate of drug-likeness (QED) is 0.858. The van der Waals surface area contributed by atoms with Crippen LogP contribution in [0, 0.1) is 13.8 Å². The summed E-state index contributed by atoms with van der Waals surface area (Å²) in [4.78, 5) is 12.2. The molecular formula is C18H22N2O3. The predicted octanol–water partition coefficient (Wildman–Crippen LogP) is 3.37. The lowest BCUT2D eigenvalue weighted by Crippen LogP contribution is -2.22. The fraction of sp³-hybridized carbons (Fsp3) is 0.278. The van der Waals surface area contributed by atoms with Crippen LogP contribution in [-0.2, 0) is 4.79 Å². The number of hydrogen-bond acceptors (Lipinski definition) is 4. The van der Waals surface area contributed by atoms with Gasteiger partial charge in [0.05, 0.1) is 26.5 Å². The Morgan fingerprint density at radius 2 is 1.74 bits per heavy atom. The largest absolute Gasteiger partial charge is 0.497 e. The zero-order valence-electron chi connectivity index (χ0n) is 13.9. The molecule has 0 bridgehead atoms. The average Bonchev–Trinajstić information content (AvgIpc) is 2.54. The molecule has 0 atom stereocenters. The molecule has 23 heavy (non-hydrogen) atoms. The molecule has 0 unspecified atom stereocenters. The zero-order valence-corrected chi connectivity index (χ0v) is 13.9. The molecule has 2 rings (SSSR count). The second-order valence-electron chi connectivity index (χ2n) is 5.23. The Bertz CT molecular complexity index is 678. The molecule has 5 nitrogen and oxygen atoms in total. The van der Waals surface area contributed by atoms with Crippen LogP contribution in [0.5, 0.6) is 11.5 Å². The van der Waals surface area contributed by atoms with E-state index >= 15 is 0 Å². The Morgan fingerprint density at radius 3 is 2.35 bits per heavy atom. The SMILES string of the molecule is COc1ccc(NC(=O)CNc2c(C)cccc2C)c(OC)c1. The lowest BCUT2D eigenvalue weighted by atomic mass is 10.1. The first-order valence-corrected chi connectivity index (χ1v) is 7.37. The van der Waals surface area contributed by atoms with Crippen molar-refractivity contribution in [3.8, 4) is 11.5 Å². The number of rotatable bonds is 6. The minimum absolute atomic E-state index is 0.142. The van der Waals surface area contributed by atoms with Crippen LogP contribution in [-0.4, -0.2) is 26.7 Å². The number of hydrogen-bond donors (Lipinski definition) is 2. The van der Waals surface area contributed by atoms with Crippen LogP contribution in [0.2, 0.25) is 0 Å². The highest BCUT2D eigenvalue weighted by atomic mass is 16.5. The lowest BCUT2D eigenvalue weighted by molar-refractivity contribution is -0.114. The average molecular weight is 314 g/mol. The van der Waals surface area contributed by atoms with Crippen LogP contribution in [0.3, 0.4) is 0 Å². The van der Waals surface area contributed by atoms with Crippen LogP contribution in [0.25, 0.3) is 0 Å². The van der Waals surface area contributed by atoms with E-state index in [0.717, 1.165) is 16.8 Å². The van der Waals surface area contributed by atoms with Crippen LogP contribution in [0.4, 0.5) is 11.4 Å². The van der Waals surface area contributed by atoms with Crippen LogP contribution in [0.1, 0.15) is 11.1 Å². The van der Waals surface area contributed by atoms with Gasteiger partial charge in [-0.25, -0.2) is 0 Å². The van der Waals surface area contributed by atoms with Crippen LogP contribution < -0.4 is 20.1 Å². The monoisotopic (exact) mass is 314 g/mol. The number of amides is 1. The molecule has 0 heterocycles. The summed E-state index contributed by atoms with van der Waals surface area (Å²) >= 11 is 0. The van der Waals surface area contributed by atoms with Gasteiger partial charge in [-0.2, -0.15) is 0 Å². The van der Waals surface area contributed by atoms with Gasteiger partial charge in [0, 0.05) is 11.8 Å². The summed E-state index contributed by atoms with van der Waals surface area (Å²) < 4.78 is 10.4. The number of aryl methyl sites for hydroxylation is 2. The van der Waals surface area contributed by atoms with E-state index in [2.05, 4.69) is 10.6 Å². The molecule has 0 spiro atoms. The van der Waals surface area contributed by atoms with Crippen molar-refractivity contribution in [1.82, 2.24) is 0 Å². The molecule has 0 aliphatic carbocycles. The summed E-state index contributed by atoms with van der Waals surface area (Å²) in [7, 11) is 3.14. The molecule has 0 fully saturated rings. The van der Waals surface area contributed by atoms with Gasteiger partial charge < -0.3 is 20.1 Å². The summed E-state index contributed by atoms with van der Waals surface area (Å²) in [6, 6.07) is 11.3. The second kappa shape index (κ2) is 7.54. The van der Waals surface area contributed by atoms with Crippen molar-refractivity contribution in [3.63, 3.8) is 0 Å². The number of methoxy groups -OCH3 is 2. The van der Waals surface area contributed by atoms with E-state index in [1.165, 1.54) is 0 Å². The van der Waals surface area contributed by atoms with Gasteiger partial charge in [0.15, 0.2) is 0 Å². The standard InChI is InChI=1S/C18H22N2O3/c1-12-6-5-7-13(2)18(12)19-11-17(21)20-15-9-8-14(22-3)10-16(15)23-4/h5-10,19H,11H2,1-4H3,(H,20,21). The smallest absolute Gasteiger partial charge is 0.243 e. The van der Waals surface area contributed by atoms with Crippen LogP contribution in [0.15, 0.2) is 36.4 Å². The summed E-state index contributed by atoms with van der Waals surface area (Å²) in [5, 5.41) is 6.02. The fourth-order valence-electron chi connectivity index (χ4n) is 2.36. The van der Waals surface area contributed by atoms with Gasteiger partial charge in [0.25, 0.3) is 0 Å². The molecule has 122 valence electrons. The molecule has 1 amide bonds. The first-order chi connectivity index (χ1) is 11.0. The molecule has 0 aliphatic heterocycles. The van der Waals surface area contributed by atoms with Gasteiger partial charge in [0.2, 0.25) is 5.91 Å². The molecule has 0 aromatic heterocycles. The molecule has 0 radical (unpaired) electrons. The second-order valence-corrected chi connectivity index (χ2v) is 5.23. The van der Waals surface area contributed by atoms with Gasteiger partial charge in [0.1, 0.15) is 11.5 Å². The van der Waals surface area contributed by atoms with Crippen molar-refractivity contribution in [2.24, 2.45) is 0 Å². The topological polar surface area (TPSA) is 59.6 Å². The van der Waals surface area contributed by atoms with E-state index in [9.17, 15) is 4.79 Å². The number of benzene rings is 2. The van der Waals surface area contributed by atoms with E-state index in [0.29, 0.717) is 17.2 Å². The molecule has 0 saturated heterocycles. The third-order valence-electron chi connectivity index (χ3n) is 3.59. The first kappa shape index (κ1) is 16.7. The molecule has 0 saturated carbocycles. The van der Waals surface area contributed by atoms with Gasteiger partial charge in [-0.3, -0.25) is 4.79 Å². The van der Waals surface area contributed by atoms with E-state index in [1.807, 2.05) is 32.0 Å². The highest BCUT2D eigenvalue weighted by Gasteiger charge is 2.10. The number of para-hydroxylation sites is 1. The fourth-order valence-corrected chi connectivity index (χ4v) is 2.36. The van der Waals surface area contributed by atoms with Crippen molar-refractivity contribution in [2.75, 3.05) is 31.4 Å². The van der Waals surface area contributed by atoms with Gasteiger partial charge in [-0.1, -0.05) is 18.2 Å². The van der Waals surface area contributed by atoms with Crippen molar-refractivity contribution in [2.45, 2.75) is 13.8 Å². The van der Waals surface area contributed by atoms with Crippen molar-refractivity contribution in [1.29, 1.82) is 0 Å². The maximum absolute atomic E-state index is 12.2.